The van der Waals surface area contributed by atoms with Gasteiger partial charge >= 0.3 is 6.03 Å². The Morgan fingerprint density at radius 2 is 1.84 bits per heavy atom. The van der Waals surface area contributed by atoms with E-state index in [-0.39, 0.29) is 25.0 Å². The van der Waals surface area contributed by atoms with Crippen LogP contribution in [0.25, 0.3) is 0 Å². The number of carbonyl (C=O) groups is 2. The molecule has 1 aromatic rings. The van der Waals surface area contributed by atoms with Crippen molar-refractivity contribution in [3.8, 4) is 0 Å². The summed E-state index contributed by atoms with van der Waals surface area (Å²) in [5.74, 6) is -0.461. The number of thiophene rings is 1. The number of hydrogen-bond donors (Lipinski definition) is 3. The number of nitrogens with zero attached hydrogens (tertiary/aromatic N) is 2. The van der Waals surface area contributed by atoms with Crippen LogP contribution in [-0.4, -0.2) is 66.2 Å². The minimum absolute atomic E-state index is 0. The van der Waals surface area contributed by atoms with Crippen LogP contribution in [0.3, 0.4) is 0 Å². The first-order valence-electron chi connectivity index (χ1n) is 8.43. The minimum Gasteiger partial charge on any atom is -0.395 e. The quantitative estimate of drug-likeness (QED) is 0.723. The Morgan fingerprint density at radius 1 is 1.16 bits per heavy atom. The molecule has 140 valence electrons. The zero-order valence-electron chi connectivity index (χ0n) is 14.1. The molecule has 4 N–H and O–H groups in total. The fraction of sp³-hybridized carbons (Fsp3) is 0.625. The minimum atomic E-state index is -0.461. The maximum absolute atomic E-state index is 12.5. The highest BCUT2D eigenvalue weighted by Crippen LogP contribution is 2.38. The average molecular weight is 389 g/mol. The Balaban J connectivity index is 0.00000225. The zero-order valence-corrected chi connectivity index (χ0v) is 15.8. The average Bonchev–Trinajstić information content (AvgIpc) is 2.93. The number of hydrogen-bond acceptors (Lipinski definition) is 5. The first-order chi connectivity index (χ1) is 11.6. The Labute approximate surface area is 157 Å². The van der Waals surface area contributed by atoms with E-state index in [0.717, 1.165) is 44.3 Å². The summed E-state index contributed by atoms with van der Waals surface area (Å²) in [5.41, 5.74) is 7.09. The van der Waals surface area contributed by atoms with Gasteiger partial charge in [0.25, 0.3) is 5.91 Å². The van der Waals surface area contributed by atoms with Crippen molar-refractivity contribution in [2.45, 2.75) is 25.7 Å². The number of aryl methyl sites for hydroxylation is 1. The van der Waals surface area contributed by atoms with Gasteiger partial charge in [0.2, 0.25) is 0 Å². The molecule has 0 radical (unpaired) electrons. The highest BCUT2D eigenvalue weighted by molar-refractivity contribution is 7.17. The molecule has 2 aliphatic rings. The molecular formula is C16H25ClN4O3S. The summed E-state index contributed by atoms with van der Waals surface area (Å²) in [5, 5.41) is 12.5. The number of carbonyl (C=O) groups excluding carboxylic acids is 2. The van der Waals surface area contributed by atoms with Crippen molar-refractivity contribution in [2.75, 3.05) is 44.6 Å². The van der Waals surface area contributed by atoms with Crippen LogP contribution in [0.5, 0.6) is 0 Å². The van der Waals surface area contributed by atoms with Crippen molar-refractivity contribution in [1.82, 2.24) is 9.80 Å². The summed E-state index contributed by atoms with van der Waals surface area (Å²) in [4.78, 5) is 29.4. The number of rotatable bonds is 4. The second-order valence-electron chi connectivity index (χ2n) is 6.26. The summed E-state index contributed by atoms with van der Waals surface area (Å²) in [6, 6.07) is -0.181. The van der Waals surface area contributed by atoms with E-state index in [1.807, 2.05) is 0 Å². The summed E-state index contributed by atoms with van der Waals surface area (Å²) < 4.78 is 0. The van der Waals surface area contributed by atoms with E-state index in [1.165, 1.54) is 16.2 Å². The molecule has 9 heteroatoms. The smallest absolute Gasteiger partial charge is 0.322 e. The highest BCUT2D eigenvalue weighted by atomic mass is 35.5. The van der Waals surface area contributed by atoms with Gasteiger partial charge in [-0.25, -0.2) is 4.79 Å². The number of nitrogens with one attached hydrogen (secondary N) is 1. The number of β-amino-alcohol motifs (C(OH)–C–C–N with tert-alkyl or cyclic N) is 1. The van der Waals surface area contributed by atoms with Gasteiger partial charge < -0.3 is 15.7 Å². The third kappa shape index (κ3) is 4.44. The highest BCUT2D eigenvalue weighted by Gasteiger charge is 2.27. The number of nitrogens with two attached hydrogens (primary N) is 1. The Bertz CT molecular complexity index is 629. The first kappa shape index (κ1) is 20.0. The zero-order chi connectivity index (χ0) is 17.1. The van der Waals surface area contributed by atoms with Gasteiger partial charge in [0, 0.05) is 37.6 Å². The second kappa shape index (κ2) is 8.84. The van der Waals surface area contributed by atoms with E-state index in [0.29, 0.717) is 30.2 Å². The predicted octanol–water partition coefficient (Wildman–Crippen LogP) is 1.29. The summed E-state index contributed by atoms with van der Waals surface area (Å²) in [6.45, 7) is 3.49. The molecule has 0 aromatic carbocycles. The molecule has 1 saturated heterocycles. The fourth-order valence-corrected chi connectivity index (χ4v) is 4.69. The van der Waals surface area contributed by atoms with Crippen molar-refractivity contribution in [1.29, 1.82) is 0 Å². The van der Waals surface area contributed by atoms with Crippen molar-refractivity contribution in [3.63, 3.8) is 0 Å². The molecule has 1 aliphatic carbocycles. The van der Waals surface area contributed by atoms with Crippen LogP contribution in [0.2, 0.25) is 0 Å². The number of aliphatic hydroxyl groups excluding tert-OH is 1. The summed E-state index contributed by atoms with van der Waals surface area (Å²) in [6.07, 6.45) is 3.99. The van der Waals surface area contributed by atoms with Gasteiger partial charge in [-0.1, -0.05) is 0 Å². The Kier molecular flexibility index (Phi) is 7.06. The SMILES string of the molecule is Cl.NC(=O)c1c(NC(=O)N2CCN(CCO)CC2)sc2c1CCCC2. The van der Waals surface area contributed by atoms with E-state index < -0.39 is 5.91 Å². The maximum atomic E-state index is 12.5. The van der Waals surface area contributed by atoms with Crippen LogP contribution in [0.4, 0.5) is 9.80 Å². The lowest BCUT2D eigenvalue weighted by Crippen LogP contribution is -2.50. The van der Waals surface area contributed by atoms with Gasteiger partial charge in [-0.2, -0.15) is 0 Å². The van der Waals surface area contributed by atoms with E-state index in [4.69, 9.17) is 10.8 Å². The molecule has 0 atom stereocenters. The van der Waals surface area contributed by atoms with Gasteiger partial charge in [-0.3, -0.25) is 15.0 Å². The van der Waals surface area contributed by atoms with Crippen molar-refractivity contribution in [2.24, 2.45) is 5.73 Å². The fourth-order valence-electron chi connectivity index (χ4n) is 3.41. The van der Waals surface area contributed by atoms with Gasteiger partial charge in [0.15, 0.2) is 0 Å². The molecule has 3 rings (SSSR count). The molecule has 7 nitrogen and oxygen atoms in total. The first-order valence-corrected chi connectivity index (χ1v) is 9.25. The second-order valence-corrected chi connectivity index (χ2v) is 7.37. The van der Waals surface area contributed by atoms with Crippen LogP contribution in [-0.2, 0) is 12.8 Å². The number of urea groups is 1. The van der Waals surface area contributed by atoms with Crippen molar-refractivity contribution in [3.05, 3.63) is 16.0 Å². The van der Waals surface area contributed by atoms with Crippen molar-refractivity contribution >= 4 is 40.7 Å². The molecule has 0 spiro atoms. The van der Waals surface area contributed by atoms with Gasteiger partial charge in [0.1, 0.15) is 5.00 Å². The normalized spacial score (nSPS) is 17.6. The molecular weight excluding hydrogens is 364 g/mol. The molecule has 1 fully saturated rings. The standard InChI is InChI=1S/C16H24N4O3S.ClH/c17-14(22)13-11-3-1-2-4-12(11)24-15(13)18-16(23)20-7-5-19(6-8-20)9-10-21;/h21H,1-10H2,(H2,17,22)(H,18,23);1H. The number of amides is 3. The Hall–Kier alpha value is -1.35. The maximum Gasteiger partial charge on any atom is 0.322 e. The number of aliphatic hydroxyl groups is 1. The largest absolute Gasteiger partial charge is 0.395 e. The molecule has 1 aromatic heterocycles. The lowest BCUT2D eigenvalue weighted by Gasteiger charge is -2.34. The van der Waals surface area contributed by atoms with Crippen LogP contribution < -0.4 is 11.1 Å². The lowest BCUT2D eigenvalue weighted by molar-refractivity contribution is 0.100. The van der Waals surface area contributed by atoms with Gasteiger partial charge in [-0.15, -0.1) is 23.7 Å². The van der Waals surface area contributed by atoms with Gasteiger partial charge in [0.05, 0.1) is 12.2 Å². The molecule has 25 heavy (non-hydrogen) atoms. The molecule has 0 bridgehead atoms. The summed E-state index contributed by atoms with van der Waals surface area (Å²) >= 11 is 1.49. The Morgan fingerprint density at radius 3 is 2.48 bits per heavy atom. The monoisotopic (exact) mass is 388 g/mol. The van der Waals surface area contributed by atoms with Crippen molar-refractivity contribution < 1.29 is 14.7 Å². The van der Waals surface area contributed by atoms with E-state index >= 15 is 0 Å². The lowest BCUT2D eigenvalue weighted by atomic mass is 9.95. The van der Waals surface area contributed by atoms with Crippen LogP contribution in [0.1, 0.15) is 33.6 Å². The third-order valence-electron chi connectivity index (χ3n) is 4.71. The third-order valence-corrected chi connectivity index (χ3v) is 5.92. The topological polar surface area (TPSA) is 98.9 Å². The summed E-state index contributed by atoms with van der Waals surface area (Å²) in [7, 11) is 0. The van der Waals surface area contributed by atoms with Crippen LogP contribution >= 0.6 is 23.7 Å². The van der Waals surface area contributed by atoms with E-state index in [2.05, 4.69) is 10.2 Å². The number of piperazine rings is 1. The molecule has 0 unspecified atom stereocenters. The predicted molar refractivity (Wildman–Crippen MR) is 101 cm³/mol. The molecule has 2 heterocycles. The van der Waals surface area contributed by atoms with Gasteiger partial charge in [-0.05, 0) is 31.2 Å². The number of primary amides is 1. The number of fused-ring (bicyclic) bond motifs is 1. The van der Waals surface area contributed by atoms with Crippen LogP contribution in [0.15, 0.2) is 0 Å². The number of halogens is 1. The molecule has 0 saturated carbocycles. The number of anilines is 1. The molecule has 3 amide bonds. The van der Waals surface area contributed by atoms with E-state index in [1.54, 1.807) is 4.90 Å². The molecule has 1 aliphatic heterocycles. The van der Waals surface area contributed by atoms with Crippen LogP contribution in [0, 0.1) is 0 Å². The van der Waals surface area contributed by atoms with E-state index in [9.17, 15) is 9.59 Å².